The minimum absolute atomic E-state index is 0.0443. The summed E-state index contributed by atoms with van der Waals surface area (Å²) in [4.78, 5) is 17.5. The molecule has 1 atom stereocenters. The fourth-order valence-corrected chi connectivity index (χ4v) is 4.14. The molecule has 0 saturated heterocycles. The number of carbonyl (C=O) groups excluding carboxylic acids is 1. The summed E-state index contributed by atoms with van der Waals surface area (Å²) in [7, 11) is 0. The van der Waals surface area contributed by atoms with Gasteiger partial charge in [-0.1, -0.05) is 18.2 Å². The van der Waals surface area contributed by atoms with E-state index in [9.17, 15) is 9.18 Å². The van der Waals surface area contributed by atoms with Crippen LogP contribution in [0.4, 0.5) is 10.1 Å². The van der Waals surface area contributed by atoms with Crippen LogP contribution in [0.25, 0.3) is 10.1 Å². The second-order valence-corrected chi connectivity index (χ2v) is 7.70. The number of carbonyl (C=O) groups is 1. The number of amidine groups is 1. The average molecular weight is 383 g/mol. The van der Waals surface area contributed by atoms with Gasteiger partial charge in [-0.25, -0.2) is 9.38 Å². The van der Waals surface area contributed by atoms with E-state index in [-0.39, 0.29) is 11.9 Å². The molecule has 0 radical (unpaired) electrons. The number of nitrogens with two attached hydrogens (primary N) is 1. The number of nitrogens with one attached hydrogen (secondary N) is 1. The molecule has 2 aromatic carbocycles. The highest BCUT2D eigenvalue weighted by Gasteiger charge is 2.33. The Morgan fingerprint density at radius 3 is 2.89 bits per heavy atom. The van der Waals surface area contributed by atoms with Gasteiger partial charge in [0.1, 0.15) is 5.82 Å². The van der Waals surface area contributed by atoms with E-state index >= 15 is 0 Å². The summed E-state index contributed by atoms with van der Waals surface area (Å²) in [6.07, 6.45) is 0.498. The zero-order valence-corrected chi connectivity index (χ0v) is 15.5. The monoisotopic (exact) mass is 383 g/mol. The molecular weight excluding hydrogens is 365 g/mol. The maximum Gasteiger partial charge on any atom is 0.282 e. The normalized spacial score (nSPS) is 19.4. The Labute approximate surface area is 159 Å². The van der Waals surface area contributed by atoms with Crippen molar-refractivity contribution in [3.8, 4) is 0 Å². The minimum atomic E-state index is -0.829. The van der Waals surface area contributed by atoms with Gasteiger partial charge in [0.2, 0.25) is 0 Å². The lowest BCUT2D eigenvalue weighted by atomic mass is 9.88. The number of ether oxygens (including phenoxy) is 1. The average Bonchev–Trinajstić information content (AvgIpc) is 3.07. The molecule has 0 fully saturated rings. The summed E-state index contributed by atoms with van der Waals surface area (Å²) in [6.45, 7) is 2.17. The third-order valence-corrected chi connectivity index (χ3v) is 5.76. The van der Waals surface area contributed by atoms with E-state index in [0.29, 0.717) is 29.2 Å². The predicted octanol–water partition coefficient (Wildman–Crippen LogP) is 4.24. The minimum Gasteiger partial charge on any atom is -0.465 e. The molecule has 3 aromatic rings. The van der Waals surface area contributed by atoms with Crippen molar-refractivity contribution in [3.63, 3.8) is 0 Å². The van der Waals surface area contributed by atoms with Crippen LogP contribution in [-0.4, -0.2) is 18.5 Å². The molecule has 5 nitrogen and oxygen atoms in total. The Bertz CT molecular complexity index is 1030. The highest BCUT2D eigenvalue weighted by Crippen LogP contribution is 2.35. The van der Waals surface area contributed by atoms with Gasteiger partial charge in [0.25, 0.3) is 11.9 Å². The molecule has 0 spiro atoms. The summed E-state index contributed by atoms with van der Waals surface area (Å²) in [6, 6.07) is 14.2. The van der Waals surface area contributed by atoms with Crippen molar-refractivity contribution in [3.05, 3.63) is 64.8 Å². The van der Waals surface area contributed by atoms with Crippen LogP contribution >= 0.6 is 11.3 Å². The zero-order valence-electron chi connectivity index (χ0n) is 14.7. The van der Waals surface area contributed by atoms with Crippen molar-refractivity contribution in [2.75, 3.05) is 11.9 Å². The molecule has 27 heavy (non-hydrogen) atoms. The van der Waals surface area contributed by atoms with Crippen molar-refractivity contribution in [1.29, 1.82) is 0 Å². The summed E-state index contributed by atoms with van der Waals surface area (Å²) in [5, 5.41) is 3.87. The molecule has 0 aliphatic carbocycles. The van der Waals surface area contributed by atoms with Crippen molar-refractivity contribution < 1.29 is 13.9 Å². The molecule has 7 heteroatoms. The predicted molar refractivity (Wildman–Crippen MR) is 106 cm³/mol. The zero-order chi connectivity index (χ0) is 19.0. The first-order valence-electron chi connectivity index (χ1n) is 8.53. The largest absolute Gasteiger partial charge is 0.465 e. The van der Waals surface area contributed by atoms with Crippen LogP contribution in [0.2, 0.25) is 0 Å². The molecule has 1 aliphatic heterocycles. The second-order valence-electron chi connectivity index (χ2n) is 6.62. The quantitative estimate of drug-likeness (QED) is 0.710. The fraction of sp³-hybridized carbons (Fsp3) is 0.200. The first-order chi connectivity index (χ1) is 12.9. The number of halogens is 1. The molecule has 0 bridgehead atoms. The van der Waals surface area contributed by atoms with Gasteiger partial charge in [0.05, 0.1) is 17.0 Å². The lowest BCUT2D eigenvalue weighted by molar-refractivity contribution is 0.103. The Morgan fingerprint density at radius 1 is 1.30 bits per heavy atom. The maximum absolute atomic E-state index is 14.5. The third kappa shape index (κ3) is 3.38. The number of anilines is 1. The number of hydrogen-bond donors (Lipinski definition) is 2. The van der Waals surface area contributed by atoms with E-state index in [1.54, 1.807) is 19.1 Å². The molecule has 3 N–H and O–H groups in total. The van der Waals surface area contributed by atoms with E-state index in [1.807, 2.05) is 30.3 Å². The summed E-state index contributed by atoms with van der Waals surface area (Å²) in [5.74, 6) is -0.621. The highest BCUT2D eigenvalue weighted by molar-refractivity contribution is 7.20. The number of nitrogens with zero attached hydrogens (tertiary/aromatic N) is 1. The van der Waals surface area contributed by atoms with E-state index in [1.165, 1.54) is 17.4 Å². The van der Waals surface area contributed by atoms with Crippen molar-refractivity contribution in [2.45, 2.75) is 18.9 Å². The molecular formula is C20H18FN3O2S. The van der Waals surface area contributed by atoms with E-state index in [4.69, 9.17) is 10.5 Å². The van der Waals surface area contributed by atoms with Crippen molar-refractivity contribution in [2.24, 2.45) is 10.7 Å². The Kier molecular flexibility index (Phi) is 4.31. The van der Waals surface area contributed by atoms with Gasteiger partial charge < -0.3 is 15.8 Å². The van der Waals surface area contributed by atoms with Crippen LogP contribution in [0.15, 0.2) is 53.5 Å². The lowest BCUT2D eigenvalue weighted by Crippen LogP contribution is -2.34. The van der Waals surface area contributed by atoms with Crippen LogP contribution in [0.3, 0.4) is 0 Å². The topological polar surface area (TPSA) is 76.7 Å². The van der Waals surface area contributed by atoms with Crippen LogP contribution in [0.5, 0.6) is 0 Å². The van der Waals surface area contributed by atoms with Gasteiger partial charge in [-0.3, -0.25) is 4.79 Å². The van der Waals surface area contributed by atoms with Gasteiger partial charge >= 0.3 is 0 Å². The van der Waals surface area contributed by atoms with Gasteiger partial charge in [0.15, 0.2) is 0 Å². The summed E-state index contributed by atoms with van der Waals surface area (Å²) >= 11 is 1.42. The van der Waals surface area contributed by atoms with Crippen LogP contribution < -0.4 is 11.1 Å². The van der Waals surface area contributed by atoms with Crippen molar-refractivity contribution in [1.82, 2.24) is 0 Å². The number of aliphatic imine (C=N–C) groups is 1. The van der Waals surface area contributed by atoms with E-state index < -0.39 is 11.4 Å². The SMILES string of the molecule is C[C@@]1(c2cc(NC(=O)c3cc4ccccc4s3)ccc2F)CCOC(N)=N1. The molecule has 4 rings (SSSR count). The van der Waals surface area contributed by atoms with Gasteiger partial charge in [-0.2, -0.15) is 0 Å². The molecule has 2 heterocycles. The molecule has 1 aromatic heterocycles. The Balaban J connectivity index is 1.63. The standard InChI is InChI=1S/C20H18FN3O2S/c1-20(8-9-26-19(22)24-20)14-11-13(6-7-15(14)21)23-18(25)17-10-12-4-2-3-5-16(12)27-17/h2-7,10-11H,8-9H2,1H3,(H2,22,24)(H,23,25)/t20-/m0/s1. The van der Waals surface area contributed by atoms with Crippen molar-refractivity contribution >= 4 is 39.0 Å². The number of thiophene rings is 1. The van der Waals surface area contributed by atoms with Crippen LogP contribution in [-0.2, 0) is 10.3 Å². The number of amides is 1. The number of benzene rings is 2. The second kappa shape index (κ2) is 6.66. The number of fused-ring (bicyclic) bond motifs is 1. The van der Waals surface area contributed by atoms with Gasteiger partial charge in [-0.15, -0.1) is 11.3 Å². The molecule has 1 aliphatic rings. The third-order valence-electron chi connectivity index (χ3n) is 4.65. The molecule has 138 valence electrons. The Hall–Kier alpha value is -2.93. The van der Waals surface area contributed by atoms with Gasteiger partial charge in [-0.05, 0) is 42.6 Å². The smallest absolute Gasteiger partial charge is 0.282 e. The lowest BCUT2D eigenvalue weighted by Gasteiger charge is -2.30. The van der Waals surface area contributed by atoms with Gasteiger partial charge in [0, 0.05) is 22.4 Å². The van der Waals surface area contributed by atoms with Crippen LogP contribution in [0, 0.1) is 5.82 Å². The first-order valence-corrected chi connectivity index (χ1v) is 9.34. The first kappa shape index (κ1) is 17.5. The number of hydrogen-bond acceptors (Lipinski definition) is 5. The highest BCUT2D eigenvalue weighted by atomic mass is 32.1. The summed E-state index contributed by atoms with van der Waals surface area (Å²) < 4.78 is 20.7. The maximum atomic E-state index is 14.5. The van der Waals surface area contributed by atoms with E-state index in [2.05, 4.69) is 10.3 Å². The summed E-state index contributed by atoms with van der Waals surface area (Å²) in [5.41, 5.74) is 5.73. The number of rotatable bonds is 3. The Morgan fingerprint density at radius 2 is 2.11 bits per heavy atom. The molecule has 0 unspecified atom stereocenters. The fourth-order valence-electron chi connectivity index (χ4n) is 3.18. The molecule has 1 amide bonds. The van der Waals surface area contributed by atoms with E-state index in [0.717, 1.165) is 10.1 Å². The molecule has 0 saturated carbocycles. The van der Waals surface area contributed by atoms with Crippen LogP contribution in [0.1, 0.15) is 28.6 Å².